The van der Waals surface area contributed by atoms with Gasteiger partial charge < -0.3 is 14.8 Å². The topological polar surface area (TPSA) is 47.6 Å². The predicted molar refractivity (Wildman–Crippen MR) is 83.9 cm³/mol. The molecule has 0 saturated heterocycles. The van der Waals surface area contributed by atoms with E-state index < -0.39 is 11.7 Å². The third kappa shape index (κ3) is 3.43. The molecule has 0 atom stereocenters. The van der Waals surface area contributed by atoms with Crippen molar-refractivity contribution in [2.75, 3.05) is 19.5 Å². The highest BCUT2D eigenvalue weighted by Gasteiger charge is 2.15. The summed E-state index contributed by atoms with van der Waals surface area (Å²) in [5, 5.41) is 2.52. The van der Waals surface area contributed by atoms with Crippen molar-refractivity contribution in [3.63, 3.8) is 0 Å². The highest BCUT2D eigenvalue weighted by molar-refractivity contribution is 6.37. The summed E-state index contributed by atoms with van der Waals surface area (Å²) in [4.78, 5) is 12.2. The summed E-state index contributed by atoms with van der Waals surface area (Å²) in [6, 6.07) is 7.01. The second-order valence-corrected chi connectivity index (χ2v) is 5.08. The molecule has 0 aliphatic heterocycles. The van der Waals surface area contributed by atoms with Crippen LogP contribution in [0, 0.1) is 5.82 Å². The van der Waals surface area contributed by atoms with E-state index in [9.17, 15) is 9.18 Å². The Hall–Kier alpha value is -1.98. The van der Waals surface area contributed by atoms with Gasteiger partial charge in [-0.1, -0.05) is 23.2 Å². The molecule has 0 bridgehead atoms. The molecular weight excluding hydrogens is 332 g/mol. The lowest BCUT2D eigenvalue weighted by Gasteiger charge is -2.11. The van der Waals surface area contributed by atoms with Crippen LogP contribution in [0.3, 0.4) is 0 Å². The Morgan fingerprint density at radius 2 is 1.73 bits per heavy atom. The van der Waals surface area contributed by atoms with Crippen molar-refractivity contribution in [3.8, 4) is 11.5 Å². The normalized spacial score (nSPS) is 10.2. The summed E-state index contributed by atoms with van der Waals surface area (Å²) in [5.41, 5.74) is 0.437. The maximum absolute atomic E-state index is 13.5. The number of nitrogens with one attached hydrogen (secondary N) is 1. The predicted octanol–water partition coefficient (Wildman–Crippen LogP) is 4.40. The van der Waals surface area contributed by atoms with Gasteiger partial charge in [0.15, 0.2) is 11.5 Å². The Kier molecular flexibility index (Phi) is 5.11. The van der Waals surface area contributed by atoms with Crippen LogP contribution in [0.25, 0.3) is 0 Å². The lowest BCUT2D eigenvalue weighted by molar-refractivity contribution is 0.102. The van der Waals surface area contributed by atoms with E-state index in [-0.39, 0.29) is 15.6 Å². The maximum atomic E-state index is 13.5. The Morgan fingerprint density at radius 3 is 2.36 bits per heavy atom. The van der Waals surface area contributed by atoms with Crippen molar-refractivity contribution in [1.29, 1.82) is 0 Å². The molecule has 2 rings (SSSR count). The van der Waals surface area contributed by atoms with Gasteiger partial charge in [0.2, 0.25) is 0 Å². The van der Waals surface area contributed by atoms with E-state index in [0.29, 0.717) is 17.2 Å². The van der Waals surface area contributed by atoms with Crippen LogP contribution in [0.2, 0.25) is 10.0 Å². The van der Waals surface area contributed by atoms with E-state index in [1.165, 1.54) is 20.3 Å². The van der Waals surface area contributed by atoms with Gasteiger partial charge in [0, 0.05) is 11.8 Å². The molecular formula is C15H12Cl2FNO3. The largest absolute Gasteiger partial charge is 0.493 e. The zero-order chi connectivity index (χ0) is 16.3. The minimum absolute atomic E-state index is 0.0154. The van der Waals surface area contributed by atoms with Crippen molar-refractivity contribution >= 4 is 34.8 Å². The summed E-state index contributed by atoms with van der Waals surface area (Å²) in [5.74, 6) is -0.305. The number of rotatable bonds is 4. The smallest absolute Gasteiger partial charge is 0.257 e. The fourth-order valence-corrected chi connectivity index (χ4v) is 2.28. The summed E-state index contributed by atoms with van der Waals surface area (Å²) in [7, 11) is 2.99. The van der Waals surface area contributed by atoms with Crippen LogP contribution in [0.1, 0.15) is 10.4 Å². The van der Waals surface area contributed by atoms with E-state index in [4.69, 9.17) is 32.7 Å². The second-order valence-electron chi connectivity index (χ2n) is 4.27. The van der Waals surface area contributed by atoms with Crippen molar-refractivity contribution in [3.05, 3.63) is 51.8 Å². The van der Waals surface area contributed by atoms with E-state index in [2.05, 4.69) is 5.32 Å². The van der Waals surface area contributed by atoms with Gasteiger partial charge in [-0.05, 0) is 24.3 Å². The Balaban J connectivity index is 2.27. The van der Waals surface area contributed by atoms with Crippen LogP contribution in [-0.4, -0.2) is 20.1 Å². The Labute approximate surface area is 136 Å². The molecule has 0 aliphatic rings. The van der Waals surface area contributed by atoms with Crippen molar-refractivity contribution < 1.29 is 18.7 Å². The van der Waals surface area contributed by atoms with Gasteiger partial charge >= 0.3 is 0 Å². The molecule has 0 spiro atoms. The first kappa shape index (κ1) is 16.4. The van der Waals surface area contributed by atoms with Gasteiger partial charge in [0.1, 0.15) is 5.82 Å². The molecule has 0 saturated carbocycles. The number of ether oxygens (including phenoxy) is 2. The van der Waals surface area contributed by atoms with E-state index in [0.717, 1.165) is 6.07 Å². The second kappa shape index (κ2) is 6.85. The van der Waals surface area contributed by atoms with Gasteiger partial charge in [0.25, 0.3) is 5.91 Å². The zero-order valence-corrected chi connectivity index (χ0v) is 13.3. The van der Waals surface area contributed by atoms with Gasteiger partial charge in [-0.15, -0.1) is 0 Å². The summed E-state index contributed by atoms with van der Waals surface area (Å²) >= 11 is 11.5. The molecule has 0 aromatic heterocycles. The lowest BCUT2D eigenvalue weighted by atomic mass is 10.2. The highest BCUT2D eigenvalue weighted by atomic mass is 35.5. The fraction of sp³-hybridized carbons (Fsp3) is 0.133. The van der Waals surface area contributed by atoms with Gasteiger partial charge in [-0.2, -0.15) is 0 Å². The van der Waals surface area contributed by atoms with Gasteiger partial charge in [0.05, 0.1) is 29.8 Å². The molecule has 2 aromatic rings. The third-order valence-corrected chi connectivity index (χ3v) is 3.50. The average molecular weight is 344 g/mol. The van der Waals surface area contributed by atoms with Crippen LogP contribution < -0.4 is 14.8 Å². The molecule has 0 aliphatic carbocycles. The number of amides is 1. The van der Waals surface area contributed by atoms with Crippen LogP contribution in [-0.2, 0) is 0 Å². The highest BCUT2D eigenvalue weighted by Crippen LogP contribution is 2.30. The molecule has 1 amide bonds. The first-order valence-electron chi connectivity index (χ1n) is 6.14. The van der Waals surface area contributed by atoms with Crippen molar-refractivity contribution in [2.45, 2.75) is 0 Å². The number of carbonyl (C=O) groups is 1. The molecule has 0 fully saturated rings. The van der Waals surface area contributed by atoms with Crippen LogP contribution in [0.15, 0.2) is 30.3 Å². The number of anilines is 1. The van der Waals surface area contributed by atoms with Crippen molar-refractivity contribution in [2.24, 2.45) is 0 Å². The van der Waals surface area contributed by atoms with E-state index >= 15 is 0 Å². The Bertz CT molecular complexity index is 722. The number of benzene rings is 2. The van der Waals surface area contributed by atoms with E-state index in [1.54, 1.807) is 18.2 Å². The first-order chi connectivity index (χ1) is 10.5. The minimum atomic E-state index is -0.719. The summed E-state index contributed by atoms with van der Waals surface area (Å²) in [6.07, 6.45) is 0. The molecule has 4 nitrogen and oxygen atoms in total. The van der Waals surface area contributed by atoms with Crippen LogP contribution in [0.5, 0.6) is 11.5 Å². The minimum Gasteiger partial charge on any atom is -0.493 e. The zero-order valence-electron chi connectivity index (χ0n) is 11.7. The number of hydrogen-bond donors (Lipinski definition) is 1. The fourth-order valence-electron chi connectivity index (χ4n) is 1.81. The lowest BCUT2D eigenvalue weighted by Crippen LogP contribution is -2.13. The quantitative estimate of drug-likeness (QED) is 0.837. The Morgan fingerprint density at radius 1 is 1.05 bits per heavy atom. The number of methoxy groups -OCH3 is 2. The van der Waals surface area contributed by atoms with Gasteiger partial charge in [-0.3, -0.25) is 4.79 Å². The SMILES string of the molecule is COc1ccc(NC(=O)c2cc(F)c(Cl)cc2Cl)cc1OC. The molecule has 1 N–H and O–H groups in total. The van der Waals surface area contributed by atoms with Crippen LogP contribution >= 0.6 is 23.2 Å². The van der Waals surface area contributed by atoms with Gasteiger partial charge in [-0.25, -0.2) is 4.39 Å². The standard InChI is InChI=1S/C15H12Cl2FNO3/c1-21-13-4-3-8(5-14(13)22-2)19-15(20)9-6-12(18)11(17)7-10(9)16/h3-7H,1-2H3,(H,19,20). The number of carbonyl (C=O) groups excluding carboxylic acids is 1. The summed E-state index contributed by atoms with van der Waals surface area (Å²) in [6.45, 7) is 0. The molecule has 22 heavy (non-hydrogen) atoms. The molecule has 0 unspecified atom stereocenters. The molecule has 7 heteroatoms. The number of hydrogen-bond acceptors (Lipinski definition) is 3. The first-order valence-corrected chi connectivity index (χ1v) is 6.89. The molecule has 0 heterocycles. The molecule has 2 aromatic carbocycles. The third-order valence-electron chi connectivity index (χ3n) is 2.90. The average Bonchev–Trinajstić information content (AvgIpc) is 2.50. The monoisotopic (exact) mass is 343 g/mol. The molecule has 116 valence electrons. The van der Waals surface area contributed by atoms with Crippen molar-refractivity contribution in [1.82, 2.24) is 0 Å². The maximum Gasteiger partial charge on any atom is 0.257 e. The summed E-state index contributed by atoms with van der Waals surface area (Å²) < 4.78 is 23.7. The van der Waals surface area contributed by atoms with E-state index in [1.807, 2.05) is 0 Å². The van der Waals surface area contributed by atoms with Crippen LogP contribution in [0.4, 0.5) is 10.1 Å². The number of halogens is 3. The molecule has 0 radical (unpaired) electrons.